The molecular formula is C31H54O. The Morgan fingerprint density at radius 2 is 1.62 bits per heavy atom. The normalized spacial score (nSPS) is 41.0. The molecule has 4 aliphatic rings. The molecule has 0 amide bonds. The van der Waals surface area contributed by atoms with Gasteiger partial charge in [-0.2, -0.15) is 0 Å². The number of hydrogen-bond donors (Lipinski definition) is 1. The molecule has 0 spiro atoms. The van der Waals surface area contributed by atoms with Gasteiger partial charge in [-0.05, 0) is 97.7 Å². The van der Waals surface area contributed by atoms with Crippen LogP contribution in [0.25, 0.3) is 0 Å². The highest BCUT2D eigenvalue weighted by atomic mass is 16.3. The van der Waals surface area contributed by atoms with Crippen LogP contribution in [0.5, 0.6) is 0 Å². The number of aliphatic hydroxyl groups excluding tert-OH is 1. The maximum Gasteiger partial charge on any atom is 0.0577 e. The van der Waals surface area contributed by atoms with Gasteiger partial charge in [-0.3, -0.25) is 0 Å². The molecule has 0 saturated heterocycles. The van der Waals surface area contributed by atoms with Crippen molar-refractivity contribution in [3.63, 3.8) is 0 Å². The molecule has 0 heterocycles. The van der Waals surface area contributed by atoms with Crippen molar-refractivity contribution >= 4 is 0 Å². The maximum atomic E-state index is 10.2. The van der Waals surface area contributed by atoms with Crippen LogP contribution in [0.1, 0.15) is 105 Å². The summed E-state index contributed by atoms with van der Waals surface area (Å²) in [6.07, 6.45) is 17.2. The standard InChI is InChI=1S/C27H46O.2C2H4/c1-18(2)7-6-8-19(3)23-11-12-24-22-10-9-20-17-21(28)13-15-26(20,4)25(22)14-16-27(23,24)5;2*1-2/h9,18-19,21-25,28H,6-8,10-17H2,1-5H3;2*1-2H2/t19-,21+,22+,23-,24+,25+,26+,27-;;/m1../s1. The van der Waals surface area contributed by atoms with Gasteiger partial charge in [-0.1, -0.05) is 65.5 Å². The van der Waals surface area contributed by atoms with Gasteiger partial charge < -0.3 is 5.11 Å². The van der Waals surface area contributed by atoms with E-state index in [9.17, 15) is 5.11 Å². The molecule has 3 saturated carbocycles. The predicted octanol–water partition coefficient (Wildman–Crippen LogP) is 8.99. The van der Waals surface area contributed by atoms with Crippen LogP contribution in [-0.2, 0) is 0 Å². The first-order chi connectivity index (χ1) is 15.3. The summed E-state index contributed by atoms with van der Waals surface area (Å²) in [7, 11) is 0. The van der Waals surface area contributed by atoms with Gasteiger partial charge in [0.15, 0.2) is 0 Å². The zero-order valence-corrected chi connectivity index (χ0v) is 22.2. The van der Waals surface area contributed by atoms with Crippen LogP contribution < -0.4 is 0 Å². The van der Waals surface area contributed by atoms with Crippen LogP contribution in [0.4, 0.5) is 0 Å². The van der Waals surface area contributed by atoms with E-state index >= 15 is 0 Å². The Morgan fingerprint density at radius 1 is 0.938 bits per heavy atom. The Labute approximate surface area is 200 Å². The van der Waals surface area contributed by atoms with Crippen molar-refractivity contribution < 1.29 is 5.11 Å². The molecular weight excluding hydrogens is 388 g/mol. The fourth-order valence-electron chi connectivity index (χ4n) is 8.67. The molecule has 0 aromatic heterocycles. The Morgan fingerprint density at radius 3 is 2.28 bits per heavy atom. The molecule has 0 bridgehead atoms. The van der Waals surface area contributed by atoms with Crippen molar-refractivity contribution in [2.45, 2.75) is 111 Å². The zero-order chi connectivity index (χ0) is 24.1. The first kappa shape index (κ1) is 27.4. The van der Waals surface area contributed by atoms with Gasteiger partial charge >= 0.3 is 0 Å². The van der Waals surface area contributed by atoms with E-state index in [0.29, 0.717) is 10.8 Å². The molecule has 4 aliphatic carbocycles. The van der Waals surface area contributed by atoms with Gasteiger partial charge in [0.25, 0.3) is 0 Å². The largest absolute Gasteiger partial charge is 0.393 e. The molecule has 184 valence electrons. The Bertz CT molecular complexity index is 618. The molecule has 0 radical (unpaired) electrons. The fraction of sp³-hybridized carbons (Fsp3) is 0.806. The smallest absolute Gasteiger partial charge is 0.0577 e. The average molecular weight is 443 g/mol. The van der Waals surface area contributed by atoms with Crippen molar-refractivity contribution in [3.05, 3.63) is 38.0 Å². The number of hydrogen-bond acceptors (Lipinski definition) is 1. The summed E-state index contributed by atoms with van der Waals surface area (Å²) in [5.74, 6) is 5.46. The lowest BCUT2D eigenvalue weighted by atomic mass is 9.47. The van der Waals surface area contributed by atoms with Crippen LogP contribution in [0.3, 0.4) is 0 Å². The van der Waals surface area contributed by atoms with E-state index in [4.69, 9.17) is 0 Å². The minimum atomic E-state index is -0.0766. The summed E-state index contributed by atoms with van der Waals surface area (Å²) < 4.78 is 0. The first-order valence-corrected chi connectivity index (χ1v) is 13.6. The van der Waals surface area contributed by atoms with Crippen molar-refractivity contribution in [1.82, 2.24) is 0 Å². The van der Waals surface area contributed by atoms with E-state index < -0.39 is 0 Å². The lowest BCUT2D eigenvalue weighted by Gasteiger charge is -2.58. The van der Waals surface area contributed by atoms with Crippen LogP contribution >= 0.6 is 0 Å². The van der Waals surface area contributed by atoms with E-state index in [1.165, 1.54) is 57.8 Å². The predicted molar refractivity (Wildman–Crippen MR) is 142 cm³/mol. The molecule has 0 unspecified atom stereocenters. The van der Waals surface area contributed by atoms with Crippen molar-refractivity contribution in [2.75, 3.05) is 0 Å². The van der Waals surface area contributed by atoms with Crippen molar-refractivity contribution in [3.8, 4) is 0 Å². The highest BCUT2D eigenvalue weighted by molar-refractivity contribution is 5.25. The number of fused-ring (bicyclic) bond motifs is 5. The summed E-state index contributed by atoms with van der Waals surface area (Å²) in [5, 5.41) is 10.2. The third kappa shape index (κ3) is 5.13. The van der Waals surface area contributed by atoms with Crippen molar-refractivity contribution in [2.24, 2.45) is 46.3 Å². The molecule has 0 aromatic rings. The van der Waals surface area contributed by atoms with E-state index in [2.05, 4.69) is 67.0 Å². The third-order valence-corrected chi connectivity index (χ3v) is 10.3. The Kier molecular flexibility index (Phi) is 9.89. The molecule has 1 nitrogen and oxygen atoms in total. The lowest BCUT2D eigenvalue weighted by Crippen LogP contribution is -2.50. The molecule has 4 rings (SSSR count). The topological polar surface area (TPSA) is 20.2 Å². The first-order valence-electron chi connectivity index (χ1n) is 13.6. The second-order valence-electron chi connectivity index (χ2n) is 12.2. The van der Waals surface area contributed by atoms with Gasteiger partial charge in [0.05, 0.1) is 6.10 Å². The summed E-state index contributed by atoms with van der Waals surface area (Å²) in [5.41, 5.74) is 2.60. The molecule has 3 fully saturated rings. The minimum Gasteiger partial charge on any atom is -0.393 e. The Hall–Kier alpha value is -0.820. The molecule has 0 aliphatic heterocycles. The van der Waals surface area contributed by atoms with Crippen LogP contribution in [0.2, 0.25) is 0 Å². The minimum absolute atomic E-state index is 0.0766. The molecule has 32 heavy (non-hydrogen) atoms. The SMILES string of the molecule is C=C.C=C.CC(C)CCC[C@@H](C)[C@H]1CC[C@H]2[C@@H]3CC=C4C[C@@H](O)CC[C@]4(C)[C@H]3CC[C@]12C. The van der Waals surface area contributed by atoms with Crippen molar-refractivity contribution in [1.29, 1.82) is 0 Å². The Balaban J connectivity index is 0.000000860. The zero-order valence-electron chi connectivity index (χ0n) is 22.2. The molecule has 1 N–H and O–H groups in total. The van der Waals surface area contributed by atoms with E-state index in [0.717, 1.165) is 48.3 Å². The lowest BCUT2D eigenvalue weighted by molar-refractivity contribution is -0.0573. The van der Waals surface area contributed by atoms with Crippen LogP contribution in [0, 0.1) is 46.3 Å². The van der Waals surface area contributed by atoms with E-state index in [-0.39, 0.29) is 6.10 Å². The average Bonchev–Trinajstić information content (AvgIpc) is 3.14. The van der Waals surface area contributed by atoms with Crippen LogP contribution in [-0.4, -0.2) is 11.2 Å². The third-order valence-electron chi connectivity index (χ3n) is 10.3. The van der Waals surface area contributed by atoms with Gasteiger partial charge in [-0.25, -0.2) is 0 Å². The van der Waals surface area contributed by atoms with Gasteiger partial charge in [0.1, 0.15) is 0 Å². The highest BCUT2D eigenvalue weighted by Gasteiger charge is 2.59. The highest BCUT2D eigenvalue weighted by Crippen LogP contribution is 2.67. The van der Waals surface area contributed by atoms with Crippen LogP contribution in [0.15, 0.2) is 38.0 Å². The molecule has 1 heteroatoms. The quantitative estimate of drug-likeness (QED) is 0.421. The number of aliphatic hydroxyl groups is 1. The maximum absolute atomic E-state index is 10.2. The van der Waals surface area contributed by atoms with Gasteiger partial charge in [0.2, 0.25) is 0 Å². The molecule has 8 atom stereocenters. The van der Waals surface area contributed by atoms with Gasteiger partial charge in [0, 0.05) is 0 Å². The molecule has 0 aromatic carbocycles. The number of rotatable bonds is 5. The van der Waals surface area contributed by atoms with Gasteiger partial charge in [-0.15, -0.1) is 26.3 Å². The van der Waals surface area contributed by atoms with E-state index in [1.807, 2.05) is 0 Å². The second kappa shape index (κ2) is 11.5. The summed E-state index contributed by atoms with van der Waals surface area (Å²) in [4.78, 5) is 0. The second-order valence-corrected chi connectivity index (χ2v) is 12.2. The fourth-order valence-corrected chi connectivity index (χ4v) is 8.67. The number of allylic oxidation sites excluding steroid dienone is 1. The summed E-state index contributed by atoms with van der Waals surface area (Å²) in [6, 6.07) is 0. The summed E-state index contributed by atoms with van der Waals surface area (Å²) in [6.45, 7) is 24.6. The monoisotopic (exact) mass is 442 g/mol. The summed E-state index contributed by atoms with van der Waals surface area (Å²) >= 11 is 0. The van der Waals surface area contributed by atoms with E-state index in [1.54, 1.807) is 5.57 Å².